The second-order valence-electron chi connectivity index (χ2n) is 11.7. The molecule has 1 amide bonds. The molecule has 1 unspecified atom stereocenters. The Morgan fingerprint density at radius 2 is 1.31 bits per heavy atom. The first kappa shape index (κ1) is 34.9. The topological polar surface area (TPSA) is 169 Å². The number of hydrogen-bond acceptors (Lipinski definition) is 11. The molecule has 4 N–H and O–H groups in total. The molecule has 2 saturated heterocycles. The highest BCUT2D eigenvalue weighted by Crippen LogP contribution is 2.42. The van der Waals surface area contributed by atoms with Crippen LogP contribution in [0.25, 0.3) is 33.6 Å². The van der Waals surface area contributed by atoms with E-state index in [0.29, 0.717) is 106 Å². The molecule has 0 spiro atoms. The molecule has 4 aromatic rings. The fraction of sp³-hybridized carbons (Fsp3) is 0.364. The van der Waals surface area contributed by atoms with Gasteiger partial charge >= 0.3 is 0 Å². The number of halogens is 2. The number of carbonyl (C=O) groups is 1. The van der Waals surface area contributed by atoms with Crippen molar-refractivity contribution >= 4 is 39.1 Å². The van der Waals surface area contributed by atoms with E-state index < -0.39 is 10.0 Å². The normalized spacial score (nSPS) is 18.4. The second-order valence-corrected chi connectivity index (χ2v) is 14.4. The molecule has 0 aliphatic carbocycles. The van der Waals surface area contributed by atoms with Gasteiger partial charge in [0.1, 0.15) is 11.4 Å². The van der Waals surface area contributed by atoms with E-state index in [2.05, 4.69) is 35.6 Å². The van der Waals surface area contributed by atoms with E-state index in [1.54, 1.807) is 19.5 Å². The van der Waals surface area contributed by atoms with Crippen molar-refractivity contribution in [3.63, 3.8) is 0 Å². The maximum atomic E-state index is 11.7. The Bertz CT molecular complexity index is 1970. The van der Waals surface area contributed by atoms with Crippen LogP contribution in [0, 0.1) is 0 Å². The van der Waals surface area contributed by atoms with Crippen molar-refractivity contribution in [2.24, 2.45) is 0 Å². The Kier molecular flexibility index (Phi) is 10.9. The average Bonchev–Trinajstić information content (AvgIpc) is 3.68. The Hall–Kier alpha value is -3.92. The first-order valence-electron chi connectivity index (χ1n) is 15.7. The van der Waals surface area contributed by atoms with E-state index in [-0.39, 0.29) is 23.7 Å². The van der Waals surface area contributed by atoms with Gasteiger partial charge in [0.25, 0.3) is 0 Å². The Balaban J connectivity index is 1.20. The van der Waals surface area contributed by atoms with Gasteiger partial charge in [0.2, 0.25) is 27.7 Å². The van der Waals surface area contributed by atoms with Crippen LogP contribution in [0.1, 0.15) is 30.7 Å². The number of aromatic nitrogens is 4. The van der Waals surface area contributed by atoms with Crippen molar-refractivity contribution in [1.29, 1.82) is 0 Å². The standard InChI is InChI=1S/C33H36Cl2N8O5S/c1-47-32-27(15-36-13-19-9-10-29(44)40-19)38-17-25(41-32)23-7-3-5-21(30(23)34)22-6-4-8-24(31(22)35)26-18-39-28(33(42-26)48-2)16-37-14-20-11-12-49(45,46)43-20/h3-8,17-20,36-37,43H,9-16H2,1-2H3,(H,40,44)/t19-,20?/m0/s1. The molecule has 2 aromatic carbocycles. The number of ether oxygens (including phenoxy) is 2. The Morgan fingerprint density at radius 3 is 1.76 bits per heavy atom. The zero-order valence-electron chi connectivity index (χ0n) is 26.9. The summed E-state index contributed by atoms with van der Waals surface area (Å²) in [5, 5.41) is 10.4. The van der Waals surface area contributed by atoms with Gasteiger partial charge in [-0.1, -0.05) is 59.6 Å². The largest absolute Gasteiger partial charge is 0.480 e. The number of sulfonamides is 1. The van der Waals surface area contributed by atoms with Crippen molar-refractivity contribution in [2.45, 2.75) is 44.4 Å². The van der Waals surface area contributed by atoms with E-state index in [4.69, 9.17) is 37.7 Å². The summed E-state index contributed by atoms with van der Waals surface area (Å²) >= 11 is 14.0. The van der Waals surface area contributed by atoms with Gasteiger partial charge in [-0.3, -0.25) is 14.8 Å². The highest BCUT2D eigenvalue weighted by atomic mass is 35.5. The minimum Gasteiger partial charge on any atom is -0.480 e. The predicted octanol–water partition coefficient (Wildman–Crippen LogP) is 3.74. The van der Waals surface area contributed by atoms with E-state index >= 15 is 0 Å². The molecular formula is C33H36Cl2N8O5S. The van der Waals surface area contributed by atoms with Crippen molar-refractivity contribution in [1.82, 2.24) is 40.6 Å². The second kappa shape index (κ2) is 15.3. The molecule has 0 radical (unpaired) electrons. The quantitative estimate of drug-likeness (QED) is 0.158. The first-order valence-corrected chi connectivity index (χ1v) is 18.1. The highest BCUT2D eigenvalue weighted by molar-refractivity contribution is 7.89. The molecule has 2 fully saturated rings. The molecule has 2 aliphatic rings. The van der Waals surface area contributed by atoms with Crippen molar-refractivity contribution in [2.75, 3.05) is 33.1 Å². The molecule has 4 heterocycles. The third-order valence-corrected chi connectivity index (χ3v) is 10.7. The van der Waals surface area contributed by atoms with E-state index in [0.717, 1.165) is 6.42 Å². The molecule has 6 rings (SSSR count). The van der Waals surface area contributed by atoms with Crippen LogP contribution in [0.4, 0.5) is 0 Å². The predicted molar refractivity (Wildman–Crippen MR) is 187 cm³/mol. The number of amides is 1. The lowest BCUT2D eigenvalue weighted by atomic mass is 9.98. The molecule has 0 bridgehead atoms. The first-order chi connectivity index (χ1) is 23.7. The third kappa shape index (κ3) is 8.11. The summed E-state index contributed by atoms with van der Waals surface area (Å²) in [6.45, 7) is 1.85. The van der Waals surface area contributed by atoms with Crippen LogP contribution in [-0.4, -0.2) is 79.4 Å². The Morgan fingerprint density at radius 1 is 0.796 bits per heavy atom. The van der Waals surface area contributed by atoms with Crippen LogP contribution in [0.3, 0.4) is 0 Å². The minimum absolute atomic E-state index is 0.0737. The van der Waals surface area contributed by atoms with Gasteiger partial charge in [-0.25, -0.2) is 23.1 Å². The van der Waals surface area contributed by atoms with Crippen LogP contribution >= 0.6 is 23.2 Å². The summed E-state index contributed by atoms with van der Waals surface area (Å²) in [5.74, 6) is 0.904. The van der Waals surface area contributed by atoms with Gasteiger partial charge in [0.05, 0.1) is 53.8 Å². The molecule has 258 valence electrons. The average molecular weight is 728 g/mol. The Labute approximate surface area is 294 Å². The van der Waals surface area contributed by atoms with Gasteiger partial charge < -0.3 is 25.4 Å². The van der Waals surface area contributed by atoms with Crippen LogP contribution in [0.2, 0.25) is 10.0 Å². The van der Waals surface area contributed by atoms with Gasteiger partial charge in [-0.05, 0) is 12.8 Å². The third-order valence-electron chi connectivity index (χ3n) is 8.38. The molecule has 2 aromatic heterocycles. The molecular weight excluding hydrogens is 691 g/mol. The molecule has 0 saturated carbocycles. The fourth-order valence-corrected chi connectivity index (χ4v) is 7.94. The number of nitrogens with zero attached hydrogens (tertiary/aromatic N) is 4. The molecule has 2 aliphatic heterocycles. The maximum absolute atomic E-state index is 11.7. The van der Waals surface area contributed by atoms with Crippen LogP contribution in [0.5, 0.6) is 11.8 Å². The maximum Gasteiger partial charge on any atom is 0.237 e. The molecule has 49 heavy (non-hydrogen) atoms. The van der Waals surface area contributed by atoms with Crippen molar-refractivity contribution < 1.29 is 22.7 Å². The lowest BCUT2D eigenvalue weighted by molar-refractivity contribution is -0.119. The zero-order chi connectivity index (χ0) is 34.5. The SMILES string of the molecule is COc1nc(-c2cccc(-c3cccc(-c4cnc(CNC[C@@H]5CCC(=O)N5)c(OC)n4)c3Cl)c2Cl)cnc1CNCC1CCS(=O)(=O)N1. The lowest BCUT2D eigenvalue weighted by Gasteiger charge is -2.15. The summed E-state index contributed by atoms with van der Waals surface area (Å²) in [4.78, 5) is 30.1. The van der Waals surface area contributed by atoms with E-state index in [1.807, 2.05) is 36.4 Å². The minimum atomic E-state index is -3.18. The zero-order valence-corrected chi connectivity index (χ0v) is 29.3. The van der Waals surface area contributed by atoms with Crippen LogP contribution in [0.15, 0.2) is 48.8 Å². The van der Waals surface area contributed by atoms with Gasteiger partial charge in [0, 0.05) is 66.9 Å². The summed E-state index contributed by atoms with van der Waals surface area (Å²) < 4.78 is 37.1. The summed E-state index contributed by atoms with van der Waals surface area (Å²) in [5.41, 5.74) is 4.95. The highest BCUT2D eigenvalue weighted by Gasteiger charge is 2.26. The number of rotatable bonds is 13. The number of carbonyl (C=O) groups excluding carboxylic acids is 1. The number of nitrogens with one attached hydrogen (secondary N) is 4. The van der Waals surface area contributed by atoms with Crippen molar-refractivity contribution in [3.8, 4) is 45.4 Å². The van der Waals surface area contributed by atoms with Crippen LogP contribution in [-0.2, 0) is 27.9 Å². The van der Waals surface area contributed by atoms with Gasteiger partial charge in [-0.15, -0.1) is 0 Å². The van der Waals surface area contributed by atoms with E-state index in [1.165, 1.54) is 7.11 Å². The summed E-state index contributed by atoms with van der Waals surface area (Å²) in [6, 6.07) is 11.2. The molecule has 13 nitrogen and oxygen atoms in total. The monoisotopic (exact) mass is 726 g/mol. The molecule has 2 atom stereocenters. The number of methoxy groups -OCH3 is 2. The fourth-order valence-electron chi connectivity index (χ4n) is 5.87. The number of benzene rings is 2. The lowest BCUT2D eigenvalue weighted by Crippen LogP contribution is -2.35. The molecule has 16 heteroatoms. The number of hydrogen-bond donors (Lipinski definition) is 4. The summed E-state index contributed by atoms with van der Waals surface area (Å²) in [6.07, 6.45) is 5.19. The van der Waals surface area contributed by atoms with Crippen LogP contribution < -0.4 is 30.1 Å². The van der Waals surface area contributed by atoms with Gasteiger partial charge in [0.15, 0.2) is 0 Å². The van der Waals surface area contributed by atoms with Gasteiger partial charge in [-0.2, -0.15) is 0 Å². The van der Waals surface area contributed by atoms with Crippen molar-refractivity contribution in [3.05, 3.63) is 70.2 Å². The van der Waals surface area contributed by atoms with E-state index in [9.17, 15) is 13.2 Å². The summed E-state index contributed by atoms with van der Waals surface area (Å²) in [7, 11) is -0.123. The smallest absolute Gasteiger partial charge is 0.237 e.